The number of carbonyl (C=O) groups is 1. The van der Waals surface area contributed by atoms with Crippen molar-refractivity contribution in [2.45, 2.75) is 38.9 Å². The van der Waals surface area contributed by atoms with Gasteiger partial charge in [0, 0.05) is 0 Å². The van der Waals surface area contributed by atoms with Crippen LogP contribution in [0, 0.1) is 0 Å². The zero-order chi connectivity index (χ0) is 13.5. The zero-order valence-electron chi connectivity index (χ0n) is 10.6. The topological polar surface area (TPSA) is 97.3 Å². The highest BCUT2D eigenvalue weighted by Gasteiger charge is 2.25. The summed E-state index contributed by atoms with van der Waals surface area (Å²) in [6.45, 7) is 6.21. The van der Waals surface area contributed by atoms with Gasteiger partial charge in [0.2, 0.25) is 0 Å². The first-order valence-electron chi connectivity index (χ1n) is 5.19. The van der Waals surface area contributed by atoms with Crippen molar-refractivity contribution < 1.29 is 29.2 Å². The summed E-state index contributed by atoms with van der Waals surface area (Å²) < 4.78 is 9.77. The number of hydroxylamine groups is 1. The minimum atomic E-state index is -1.08. The summed E-state index contributed by atoms with van der Waals surface area (Å²) in [5, 5.41) is 17.6. The molecule has 0 fully saturated rings. The molecule has 17 heavy (non-hydrogen) atoms. The highest BCUT2D eigenvalue weighted by Crippen LogP contribution is 2.09. The second-order valence-electron chi connectivity index (χ2n) is 4.77. The van der Waals surface area contributed by atoms with E-state index in [4.69, 9.17) is 24.4 Å². The molecule has 7 nitrogen and oxygen atoms in total. The van der Waals surface area contributed by atoms with Crippen LogP contribution in [0.5, 0.6) is 0 Å². The lowest BCUT2D eigenvalue weighted by Gasteiger charge is -2.26. The minimum Gasteiger partial charge on any atom is -0.442 e. The van der Waals surface area contributed by atoms with Crippen molar-refractivity contribution in [3.05, 3.63) is 0 Å². The molecule has 100 valence electrons. The largest absolute Gasteiger partial charge is 0.442 e. The highest BCUT2D eigenvalue weighted by atomic mass is 16.7. The fourth-order valence-electron chi connectivity index (χ4n) is 0.835. The second kappa shape index (κ2) is 6.80. The third kappa shape index (κ3) is 7.97. The molecular weight excluding hydrogens is 229 g/mol. The maximum atomic E-state index is 11.2. The van der Waals surface area contributed by atoms with E-state index in [0.29, 0.717) is 0 Å². The number of aliphatic hydroxyl groups excluding tert-OH is 1. The van der Waals surface area contributed by atoms with E-state index in [-0.39, 0.29) is 13.2 Å². The molecule has 0 saturated carbocycles. The van der Waals surface area contributed by atoms with Gasteiger partial charge in [-0.15, -0.1) is 0 Å². The van der Waals surface area contributed by atoms with Crippen LogP contribution >= 0.6 is 0 Å². The van der Waals surface area contributed by atoms with Crippen LogP contribution in [0.25, 0.3) is 0 Å². The van der Waals surface area contributed by atoms with E-state index >= 15 is 0 Å². The van der Waals surface area contributed by atoms with Crippen LogP contribution in [0.4, 0.5) is 4.79 Å². The predicted molar refractivity (Wildman–Crippen MR) is 61.3 cm³/mol. The summed E-state index contributed by atoms with van der Waals surface area (Å²) in [5.41, 5.74) is 0.358. The summed E-state index contributed by atoms with van der Waals surface area (Å²) in [7, 11) is -0.549. The molecule has 0 aromatic carbocycles. The van der Waals surface area contributed by atoms with Gasteiger partial charge in [-0.3, -0.25) is 4.84 Å². The normalized spacial score (nSPS) is 14.9. The van der Waals surface area contributed by atoms with Gasteiger partial charge >= 0.3 is 13.8 Å². The molecule has 0 rings (SSSR count). The Bertz CT molecular complexity index is 244. The van der Waals surface area contributed by atoms with Gasteiger partial charge in [0.25, 0.3) is 0 Å². The zero-order valence-corrected chi connectivity index (χ0v) is 10.6. The van der Waals surface area contributed by atoms with E-state index in [1.807, 2.05) is 0 Å². The molecule has 1 atom stereocenters. The van der Waals surface area contributed by atoms with Crippen LogP contribution in [0.2, 0.25) is 0 Å². The molecular formula is C9H20BNO6. The summed E-state index contributed by atoms with van der Waals surface area (Å²) in [6, 6.07) is 0. The molecule has 1 unspecified atom stereocenters. The Hall–Kier alpha value is -0.825. The quantitative estimate of drug-likeness (QED) is 0.432. The number of ether oxygens (including phenoxy) is 1. The van der Waals surface area contributed by atoms with E-state index < -0.39 is 25.0 Å². The first kappa shape index (κ1) is 16.2. The van der Waals surface area contributed by atoms with Crippen molar-refractivity contribution >= 4 is 13.8 Å². The SMILES string of the molecule is CC(C)(C)OC(=O)NOCC(C)(CO)OBO. The summed E-state index contributed by atoms with van der Waals surface area (Å²) in [6.07, 6.45) is -0.734. The molecule has 0 aromatic heterocycles. The van der Waals surface area contributed by atoms with Crippen molar-refractivity contribution in [2.24, 2.45) is 0 Å². The summed E-state index contributed by atoms with van der Waals surface area (Å²) >= 11 is 0. The molecule has 0 saturated heterocycles. The fourth-order valence-corrected chi connectivity index (χ4v) is 0.835. The molecule has 0 aliphatic heterocycles. The number of rotatable bonds is 6. The second-order valence-corrected chi connectivity index (χ2v) is 4.77. The van der Waals surface area contributed by atoms with E-state index in [9.17, 15) is 4.79 Å². The monoisotopic (exact) mass is 249 g/mol. The molecule has 0 aromatic rings. The van der Waals surface area contributed by atoms with Crippen molar-refractivity contribution in [1.29, 1.82) is 0 Å². The van der Waals surface area contributed by atoms with E-state index in [0.717, 1.165) is 0 Å². The highest BCUT2D eigenvalue weighted by molar-refractivity contribution is 6.16. The third-order valence-electron chi connectivity index (χ3n) is 1.68. The van der Waals surface area contributed by atoms with Crippen molar-refractivity contribution in [2.75, 3.05) is 13.2 Å². The van der Waals surface area contributed by atoms with Gasteiger partial charge in [-0.2, -0.15) is 5.48 Å². The molecule has 8 heteroatoms. The fraction of sp³-hybridized carbons (Fsp3) is 0.889. The Morgan fingerprint density at radius 3 is 2.35 bits per heavy atom. The maximum Gasteiger partial charge on any atom is 0.435 e. The lowest BCUT2D eigenvalue weighted by atomic mass is 10.1. The molecule has 0 aliphatic carbocycles. The van der Waals surface area contributed by atoms with Crippen LogP contribution < -0.4 is 5.48 Å². The van der Waals surface area contributed by atoms with Gasteiger partial charge in [0.05, 0.1) is 12.2 Å². The Morgan fingerprint density at radius 1 is 1.35 bits per heavy atom. The van der Waals surface area contributed by atoms with Crippen LogP contribution in [-0.2, 0) is 14.2 Å². The number of hydrogen-bond donors (Lipinski definition) is 3. The van der Waals surface area contributed by atoms with E-state index in [1.165, 1.54) is 6.92 Å². The van der Waals surface area contributed by atoms with E-state index in [1.54, 1.807) is 20.8 Å². The van der Waals surface area contributed by atoms with Crippen molar-refractivity contribution in [3.63, 3.8) is 0 Å². The molecule has 0 heterocycles. The number of hydrogen-bond acceptors (Lipinski definition) is 6. The third-order valence-corrected chi connectivity index (χ3v) is 1.68. The average Bonchev–Trinajstić information content (AvgIpc) is 2.15. The standard InChI is InChI=1S/C9H20BNO6/c1-8(2,3)16-7(13)11-15-6-9(4,5-12)17-10-14/h10,12,14H,5-6H2,1-4H3,(H,11,13). The van der Waals surface area contributed by atoms with Crippen LogP contribution in [0.3, 0.4) is 0 Å². The van der Waals surface area contributed by atoms with Crippen LogP contribution in [0.1, 0.15) is 27.7 Å². The Labute approximate surface area is 101 Å². The number of amides is 1. The Kier molecular flexibility index (Phi) is 6.47. The van der Waals surface area contributed by atoms with Gasteiger partial charge in [0.1, 0.15) is 12.2 Å². The first-order chi connectivity index (χ1) is 7.72. The summed E-state index contributed by atoms with van der Waals surface area (Å²) in [5.74, 6) is 0. The van der Waals surface area contributed by atoms with Crippen LogP contribution in [-0.4, -0.2) is 48.3 Å². The molecule has 0 bridgehead atoms. The molecule has 0 radical (unpaired) electrons. The number of carbonyl (C=O) groups excluding carboxylic acids is 1. The first-order valence-corrected chi connectivity index (χ1v) is 5.19. The predicted octanol–water partition coefficient (Wildman–Crippen LogP) is -0.531. The number of aliphatic hydroxyl groups is 1. The van der Waals surface area contributed by atoms with Crippen molar-refractivity contribution in [1.82, 2.24) is 5.48 Å². The lowest BCUT2D eigenvalue weighted by Crippen LogP contribution is -2.43. The van der Waals surface area contributed by atoms with Crippen molar-refractivity contribution in [3.8, 4) is 0 Å². The molecule has 1 amide bonds. The van der Waals surface area contributed by atoms with Crippen LogP contribution in [0.15, 0.2) is 0 Å². The van der Waals surface area contributed by atoms with Gasteiger partial charge in [-0.05, 0) is 27.7 Å². The van der Waals surface area contributed by atoms with E-state index in [2.05, 4.69) is 5.48 Å². The molecule has 0 spiro atoms. The number of nitrogens with one attached hydrogen (secondary N) is 1. The summed E-state index contributed by atoms with van der Waals surface area (Å²) in [4.78, 5) is 16.0. The maximum absolute atomic E-state index is 11.2. The smallest absolute Gasteiger partial charge is 0.435 e. The Balaban J connectivity index is 3.93. The van der Waals surface area contributed by atoms with Gasteiger partial charge in [-0.1, -0.05) is 0 Å². The molecule has 0 aliphatic rings. The van der Waals surface area contributed by atoms with Gasteiger partial charge in [-0.25, -0.2) is 4.79 Å². The average molecular weight is 249 g/mol. The Morgan fingerprint density at radius 2 is 1.94 bits per heavy atom. The van der Waals surface area contributed by atoms with Gasteiger partial charge < -0.3 is 19.5 Å². The minimum absolute atomic E-state index is 0.122. The van der Waals surface area contributed by atoms with Gasteiger partial charge in [0.15, 0.2) is 0 Å². The molecule has 3 N–H and O–H groups in total. The lowest BCUT2D eigenvalue weighted by molar-refractivity contribution is -0.0846.